The molecule has 2 atom stereocenters. The van der Waals surface area contributed by atoms with E-state index in [-0.39, 0.29) is 18.1 Å². The smallest absolute Gasteiger partial charge is 0.269 e. The fourth-order valence-corrected chi connectivity index (χ4v) is 2.76. The molecule has 7 heteroatoms. The Balaban J connectivity index is 1.69. The summed E-state index contributed by atoms with van der Waals surface area (Å²) < 4.78 is 13.1. The number of ether oxygens (including phenoxy) is 2. The van der Waals surface area contributed by atoms with Gasteiger partial charge in [-0.15, -0.1) is 0 Å². The molecule has 3 rings (SSSR count). The first-order chi connectivity index (χ1) is 11.5. The molecule has 3 heterocycles. The Kier molecular flexibility index (Phi) is 4.80. The van der Waals surface area contributed by atoms with E-state index in [9.17, 15) is 4.79 Å². The summed E-state index contributed by atoms with van der Waals surface area (Å²) in [6, 6.07) is 5.34. The maximum absolute atomic E-state index is 12.5. The van der Waals surface area contributed by atoms with Gasteiger partial charge >= 0.3 is 0 Å². The van der Waals surface area contributed by atoms with Crippen LogP contribution in [0.5, 0.6) is 5.75 Å². The lowest BCUT2D eigenvalue weighted by atomic mass is 10.1. The second-order valence-electron chi connectivity index (χ2n) is 6.03. The van der Waals surface area contributed by atoms with Gasteiger partial charge in [-0.1, -0.05) is 0 Å². The molecule has 2 aromatic rings. The van der Waals surface area contributed by atoms with Gasteiger partial charge in [-0.3, -0.25) is 14.5 Å². The number of pyridine rings is 1. The minimum Gasteiger partial charge on any atom is -0.486 e. The fourth-order valence-electron chi connectivity index (χ4n) is 2.76. The number of amides is 1. The average Bonchev–Trinajstić information content (AvgIpc) is 2.90. The quantitative estimate of drug-likeness (QED) is 0.917. The highest BCUT2D eigenvalue weighted by Gasteiger charge is 2.30. The molecule has 1 aliphatic rings. The first kappa shape index (κ1) is 16.4. The van der Waals surface area contributed by atoms with Crippen LogP contribution in [0.2, 0.25) is 0 Å². The van der Waals surface area contributed by atoms with Crippen molar-refractivity contribution in [1.82, 2.24) is 20.1 Å². The van der Waals surface area contributed by atoms with Gasteiger partial charge in [0.2, 0.25) is 0 Å². The third-order valence-electron chi connectivity index (χ3n) is 4.02. The van der Waals surface area contributed by atoms with Crippen molar-refractivity contribution < 1.29 is 14.3 Å². The van der Waals surface area contributed by atoms with Crippen molar-refractivity contribution in [3.63, 3.8) is 0 Å². The largest absolute Gasteiger partial charge is 0.486 e. The number of nitrogens with one attached hydrogen (secondary N) is 1. The van der Waals surface area contributed by atoms with E-state index >= 15 is 0 Å². The molecule has 128 valence electrons. The van der Waals surface area contributed by atoms with Crippen LogP contribution in [-0.4, -0.2) is 46.0 Å². The van der Waals surface area contributed by atoms with Gasteiger partial charge in [0, 0.05) is 19.2 Å². The summed E-state index contributed by atoms with van der Waals surface area (Å²) in [5.41, 5.74) is 2.26. The van der Waals surface area contributed by atoms with Crippen molar-refractivity contribution in [1.29, 1.82) is 0 Å². The summed E-state index contributed by atoms with van der Waals surface area (Å²) in [5.74, 6) is 0.521. The van der Waals surface area contributed by atoms with Crippen LogP contribution in [0.15, 0.2) is 24.4 Å². The molecule has 0 unspecified atom stereocenters. The fraction of sp³-hybridized carbons (Fsp3) is 0.471. The van der Waals surface area contributed by atoms with E-state index in [0.717, 1.165) is 11.4 Å². The van der Waals surface area contributed by atoms with Gasteiger partial charge in [-0.2, -0.15) is 5.10 Å². The van der Waals surface area contributed by atoms with Crippen molar-refractivity contribution in [3.8, 4) is 5.75 Å². The maximum Gasteiger partial charge on any atom is 0.269 e. The second kappa shape index (κ2) is 7.00. The van der Waals surface area contributed by atoms with Gasteiger partial charge < -0.3 is 14.8 Å². The lowest BCUT2D eigenvalue weighted by Crippen LogP contribution is -2.52. The minimum absolute atomic E-state index is 0.151. The average molecular weight is 330 g/mol. The highest BCUT2D eigenvalue weighted by atomic mass is 16.5. The van der Waals surface area contributed by atoms with Crippen LogP contribution in [0, 0.1) is 13.8 Å². The van der Waals surface area contributed by atoms with Crippen molar-refractivity contribution >= 4 is 5.91 Å². The number of rotatable bonds is 4. The number of nitrogens with zero attached hydrogens (tertiary/aromatic N) is 3. The number of aryl methyl sites for hydroxylation is 3. The lowest BCUT2D eigenvalue weighted by molar-refractivity contribution is -0.00313. The predicted octanol–water partition coefficient (Wildman–Crippen LogP) is 1.40. The van der Waals surface area contributed by atoms with Crippen LogP contribution in [-0.2, 0) is 11.8 Å². The van der Waals surface area contributed by atoms with Gasteiger partial charge in [0.05, 0.1) is 31.1 Å². The summed E-state index contributed by atoms with van der Waals surface area (Å²) in [5, 5.41) is 7.21. The van der Waals surface area contributed by atoms with E-state index in [1.807, 2.05) is 26.0 Å². The molecule has 2 aromatic heterocycles. The first-order valence-corrected chi connectivity index (χ1v) is 8.01. The third kappa shape index (κ3) is 3.73. The molecule has 0 aliphatic carbocycles. The molecule has 0 radical (unpaired) electrons. The standard InChI is InChI=1S/C17H22N4O3/c1-11-4-5-13(9-18-11)24-16-6-7-23-10-14(16)19-17(22)15-8-12(2)20-21(15)3/h4-5,8-9,14,16H,6-7,10H2,1-3H3,(H,19,22)/t14-,16+/m1/s1. The topological polar surface area (TPSA) is 78.3 Å². The van der Waals surface area contributed by atoms with E-state index in [1.54, 1.807) is 24.0 Å². The van der Waals surface area contributed by atoms with E-state index < -0.39 is 0 Å². The Bertz CT molecular complexity index is 711. The second-order valence-corrected chi connectivity index (χ2v) is 6.03. The highest BCUT2D eigenvalue weighted by molar-refractivity contribution is 5.92. The van der Waals surface area contributed by atoms with Crippen LogP contribution in [0.3, 0.4) is 0 Å². The van der Waals surface area contributed by atoms with Crippen molar-refractivity contribution in [2.24, 2.45) is 7.05 Å². The van der Waals surface area contributed by atoms with Gasteiger partial charge in [0.1, 0.15) is 17.5 Å². The van der Waals surface area contributed by atoms with Crippen LogP contribution in [0.1, 0.15) is 28.3 Å². The van der Waals surface area contributed by atoms with Crippen LogP contribution >= 0.6 is 0 Å². The van der Waals surface area contributed by atoms with Crippen molar-refractivity contribution in [2.75, 3.05) is 13.2 Å². The van der Waals surface area contributed by atoms with E-state index in [4.69, 9.17) is 9.47 Å². The third-order valence-corrected chi connectivity index (χ3v) is 4.02. The van der Waals surface area contributed by atoms with Crippen LogP contribution in [0.4, 0.5) is 0 Å². The molecule has 1 amide bonds. The van der Waals surface area contributed by atoms with E-state index in [1.165, 1.54) is 0 Å². The Hall–Kier alpha value is -2.41. The summed E-state index contributed by atoms with van der Waals surface area (Å²) in [4.78, 5) is 16.7. The molecule has 0 saturated carbocycles. The summed E-state index contributed by atoms with van der Waals surface area (Å²) >= 11 is 0. The predicted molar refractivity (Wildman–Crippen MR) is 88.0 cm³/mol. The Morgan fingerprint density at radius 1 is 1.38 bits per heavy atom. The zero-order valence-corrected chi connectivity index (χ0v) is 14.2. The number of carbonyl (C=O) groups excluding carboxylic acids is 1. The SMILES string of the molecule is Cc1ccc(O[C@H]2CCOC[C@H]2NC(=O)c2cc(C)nn2C)cn1. The molecule has 7 nitrogen and oxygen atoms in total. The molecule has 0 aromatic carbocycles. The zero-order chi connectivity index (χ0) is 17.1. The molecule has 0 spiro atoms. The normalized spacial score (nSPS) is 20.6. The van der Waals surface area contributed by atoms with E-state index in [2.05, 4.69) is 15.4 Å². The molecular weight excluding hydrogens is 308 g/mol. The molecule has 1 saturated heterocycles. The van der Waals surface area contributed by atoms with Crippen molar-refractivity contribution in [2.45, 2.75) is 32.4 Å². The van der Waals surface area contributed by atoms with E-state index in [0.29, 0.717) is 31.1 Å². The monoisotopic (exact) mass is 330 g/mol. The summed E-state index contributed by atoms with van der Waals surface area (Å²) in [7, 11) is 1.76. The molecule has 1 N–H and O–H groups in total. The first-order valence-electron chi connectivity index (χ1n) is 8.01. The molecule has 1 fully saturated rings. The maximum atomic E-state index is 12.5. The Morgan fingerprint density at radius 2 is 2.21 bits per heavy atom. The molecular formula is C17H22N4O3. The Labute approximate surface area is 141 Å². The molecule has 0 bridgehead atoms. The van der Waals surface area contributed by atoms with Crippen molar-refractivity contribution in [3.05, 3.63) is 41.5 Å². The van der Waals surface area contributed by atoms with Gasteiger partial charge in [-0.05, 0) is 32.0 Å². The summed E-state index contributed by atoms with van der Waals surface area (Å²) in [6.07, 6.45) is 2.26. The number of carbonyl (C=O) groups is 1. The Morgan fingerprint density at radius 3 is 2.88 bits per heavy atom. The van der Waals surface area contributed by atoms with Gasteiger partial charge in [0.15, 0.2) is 0 Å². The summed E-state index contributed by atoms with van der Waals surface area (Å²) in [6.45, 7) is 4.82. The highest BCUT2D eigenvalue weighted by Crippen LogP contribution is 2.18. The van der Waals surface area contributed by atoms with Gasteiger partial charge in [-0.25, -0.2) is 0 Å². The minimum atomic E-state index is -0.220. The molecule has 1 aliphatic heterocycles. The zero-order valence-electron chi connectivity index (χ0n) is 14.2. The van der Waals surface area contributed by atoms with Crippen LogP contribution in [0.25, 0.3) is 0 Å². The van der Waals surface area contributed by atoms with Crippen LogP contribution < -0.4 is 10.1 Å². The lowest BCUT2D eigenvalue weighted by Gasteiger charge is -2.32. The number of hydrogen-bond donors (Lipinski definition) is 1. The van der Waals surface area contributed by atoms with Gasteiger partial charge in [0.25, 0.3) is 5.91 Å². The number of aromatic nitrogens is 3. The number of hydrogen-bond acceptors (Lipinski definition) is 5. The molecule has 24 heavy (non-hydrogen) atoms.